The molecule has 0 radical (unpaired) electrons. The van der Waals surface area contributed by atoms with E-state index in [2.05, 4.69) is 31.6 Å². The highest BCUT2D eigenvalue weighted by molar-refractivity contribution is 9.10. The molecule has 4 aromatic rings. The minimum atomic E-state index is -0.661. The maximum absolute atomic E-state index is 13.9. The largest absolute Gasteiger partial charge is 0.322 e. The highest BCUT2D eigenvalue weighted by Crippen LogP contribution is 2.34. The third kappa shape index (κ3) is 3.69. The molecule has 2 aliphatic rings. The molecule has 10 heteroatoms. The molecule has 1 atom stereocenters. The first-order chi connectivity index (χ1) is 17.4. The number of para-hydroxylation sites is 1. The van der Waals surface area contributed by atoms with Crippen LogP contribution in [0.1, 0.15) is 23.4 Å². The molecule has 4 heterocycles. The lowest BCUT2D eigenvalue weighted by atomic mass is 10.0. The molecule has 2 N–H and O–H groups in total. The van der Waals surface area contributed by atoms with Crippen LogP contribution < -0.4 is 25.5 Å². The van der Waals surface area contributed by atoms with Crippen molar-refractivity contribution in [1.82, 2.24) is 4.57 Å². The minimum absolute atomic E-state index is 0.294. The van der Waals surface area contributed by atoms with Crippen molar-refractivity contribution in [2.75, 3.05) is 10.6 Å². The molecule has 7 nitrogen and oxygen atoms in total. The van der Waals surface area contributed by atoms with Crippen molar-refractivity contribution in [1.29, 1.82) is 0 Å². The van der Waals surface area contributed by atoms with Crippen molar-refractivity contribution in [3.63, 3.8) is 0 Å². The Morgan fingerprint density at radius 1 is 1.11 bits per heavy atom. The van der Waals surface area contributed by atoms with Crippen molar-refractivity contribution in [3.05, 3.63) is 112 Å². The number of nitrogens with zero attached hydrogens (tertiary/aromatic N) is 2. The fraction of sp³-hybridized carbons (Fsp3) is 0.0769. The SMILES string of the molecule is CC1=C(C(=O)Nc2ccccc2)[C@@H](c2cccs2)n2c(s/c(=C3\C(=O)Nc4ccc(Br)cc43)c2=O)=N1. The van der Waals surface area contributed by atoms with Crippen LogP contribution in [-0.4, -0.2) is 16.4 Å². The van der Waals surface area contributed by atoms with Gasteiger partial charge in [0.1, 0.15) is 10.6 Å². The van der Waals surface area contributed by atoms with Crippen LogP contribution in [0.4, 0.5) is 11.4 Å². The van der Waals surface area contributed by atoms with Crippen molar-refractivity contribution in [2.24, 2.45) is 4.99 Å². The lowest BCUT2D eigenvalue weighted by Gasteiger charge is -2.24. The van der Waals surface area contributed by atoms with Crippen molar-refractivity contribution in [3.8, 4) is 0 Å². The number of thiophene rings is 1. The number of anilines is 2. The Kier molecular flexibility index (Phi) is 5.59. The normalized spacial score (nSPS) is 17.8. The first-order valence-electron chi connectivity index (χ1n) is 11.0. The molecule has 2 aromatic carbocycles. The summed E-state index contributed by atoms with van der Waals surface area (Å²) in [5, 5.41) is 7.69. The Labute approximate surface area is 221 Å². The van der Waals surface area contributed by atoms with E-state index in [-0.39, 0.29) is 17.4 Å². The number of hydrogen-bond acceptors (Lipinski definition) is 6. The van der Waals surface area contributed by atoms with Gasteiger partial charge in [-0.25, -0.2) is 4.99 Å². The molecule has 0 spiro atoms. The van der Waals surface area contributed by atoms with Gasteiger partial charge in [-0.05, 0) is 48.7 Å². The monoisotopic (exact) mass is 576 g/mol. The Balaban J connectivity index is 1.57. The maximum Gasteiger partial charge on any atom is 0.272 e. The molecule has 0 unspecified atom stereocenters. The van der Waals surface area contributed by atoms with Crippen LogP contribution in [0.15, 0.2) is 91.6 Å². The Morgan fingerprint density at radius 2 is 1.92 bits per heavy atom. The number of nitrogens with one attached hydrogen (secondary N) is 2. The summed E-state index contributed by atoms with van der Waals surface area (Å²) < 4.78 is 2.63. The summed E-state index contributed by atoms with van der Waals surface area (Å²) in [4.78, 5) is 46.3. The van der Waals surface area contributed by atoms with E-state index in [0.717, 1.165) is 20.7 Å². The van der Waals surface area contributed by atoms with E-state index < -0.39 is 6.04 Å². The van der Waals surface area contributed by atoms with E-state index in [1.807, 2.05) is 47.8 Å². The predicted octanol–water partition coefficient (Wildman–Crippen LogP) is 4.02. The molecule has 0 bridgehead atoms. The molecule has 0 aliphatic carbocycles. The zero-order chi connectivity index (χ0) is 25.0. The molecule has 0 saturated heterocycles. The van der Waals surface area contributed by atoms with Crippen LogP contribution in [0, 0.1) is 0 Å². The first kappa shape index (κ1) is 22.8. The van der Waals surface area contributed by atoms with E-state index in [9.17, 15) is 14.4 Å². The molecular formula is C26H17BrN4O3S2. The summed E-state index contributed by atoms with van der Waals surface area (Å²) in [5.74, 6) is -0.662. The second-order valence-corrected chi connectivity index (χ2v) is 11.1. The summed E-state index contributed by atoms with van der Waals surface area (Å²) in [6.45, 7) is 1.77. The van der Waals surface area contributed by atoms with Gasteiger partial charge in [-0.3, -0.25) is 19.0 Å². The summed E-state index contributed by atoms with van der Waals surface area (Å²) in [6.07, 6.45) is 0. The fourth-order valence-corrected chi connectivity index (χ4v) is 6.79. The van der Waals surface area contributed by atoms with Crippen LogP contribution in [0.5, 0.6) is 0 Å². The number of benzene rings is 2. The summed E-state index contributed by atoms with van der Waals surface area (Å²) in [7, 11) is 0. The van der Waals surface area contributed by atoms with Gasteiger partial charge < -0.3 is 10.6 Å². The molecular weight excluding hydrogens is 560 g/mol. The number of amides is 2. The van der Waals surface area contributed by atoms with Crippen LogP contribution in [0.25, 0.3) is 5.57 Å². The van der Waals surface area contributed by atoms with Gasteiger partial charge in [-0.15, -0.1) is 11.3 Å². The second kappa shape index (κ2) is 8.81. The van der Waals surface area contributed by atoms with Gasteiger partial charge in [0.05, 0.1) is 16.8 Å². The van der Waals surface area contributed by atoms with Crippen LogP contribution in [-0.2, 0) is 9.59 Å². The Morgan fingerprint density at radius 3 is 2.67 bits per heavy atom. The van der Waals surface area contributed by atoms with Gasteiger partial charge in [0.2, 0.25) is 0 Å². The number of hydrogen-bond donors (Lipinski definition) is 2. The van der Waals surface area contributed by atoms with E-state index in [1.54, 1.807) is 25.1 Å². The number of rotatable bonds is 3. The average molecular weight is 577 g/mol. The Bertz CT molecular complexity index is 1770. The minimum Gasteiger partial charge on any atom is -0.322 e. The second-order valence-electron chi connectivity index (χ2n) is 8.26. The van der Waals surface area contributed by atoms with E-state index in [0.29, 0.717) is 43.1 Å². The zero-order valence-electron chi connectivity index (χ0n) is 18.7. The number of allylic oxidation sites excluding steroid dienone is 1. The third-order valence-corrected chi connectivity index (χ3v) is 8.51. The first-order valence-corrected chi connectivity index (χ1v) is 13.5. The van der Waals surface area contributed by atoms with Crippen molar-refractivity contribution in [2.45, 2.75) is 13.0 Å². The lowest BCUT2D eigenvalue weighted by molar-refractivity contribution is -0.113. The predicted molar refractivity (Wildman–Crippen MR) is 145 cm³/mol. The topological polar surface area (TPSA) is 92.6 Å². The number of carbonyl (C=O) groups is 2. The molecule has 6 rings (SSSR count). The molecule has 178 valence electrons. The molecule has 2 aliphatic heterocycles. The third-order valence-electron chi connectivity index (χ3n) is 6.04. The van der Waals surface area contributed by atoms with Crippen molar-refractivity contribution >= 4 is 67.4 Å². The van der Waals surface area contributed by atoms with Crippen LogP contribution in [0.2, 0.25) is 0 Å². The smallest absolute Gasteiger partial charge is 0.272 e. The lowest BCUT2D eigenvalue weighted by Crippen LogP contribution is -2.41. The molecule has 2 aromatic heterocycles. The van der Waals surface area contributed by atoms with Gasteiger partial charge in [-0.2, -0.15) is 0 Å². The van der Waals surface area contributed by atoms with Gasteiger partial charge in [0, 0.05) is 26.3 Å². The number of fused-ring (bicyclic) bond motifs is 2. The average Bonchev–Trinajstić information content (AvgIpc) is 3.57. The highest BCUT2D eigenvalue weighted by atomic mass is 79.9. The number of carbonyl (C=O) groups excluding carboxylic acids is 2. The van der Waals surface area contributed by atoms with E-state index in [4.69, 9.17) is 0 Å². The Hall–Kier alpha value is -3.60. The zero-order valence-corrected chi connectivity index (χ0v) is 22.0. The van der Waals surface area contributed by atoms with Gasteiger partial charge in [0.15, 0.2) is 4.80 Å². The molecule has 0 saturated carbocycles. The maximum atomic E-state index is 13.9. The quantitative estimate of drug-likeness (QED) is 0.386. The summed E-state index contributed by atoms with van der Waals surface area (Å²) in [6, 6.07) is 17.7. The van der Waals surface area contributed by atoms with Crippen LogP contribution >= 0.6 is 38.6 Å². The summed E-state index contributed by atoms with van der Waals surface area (Å²) in [5.41, 5.74) is 2.84. The van der Waals surface area contributed by atoms with E-state index >= 15 is 0 Å². The molecule has 2 amide bonds. The summed E-state index contributed by atoms with van der Waals surface area (Å²) >= 11 is 6.08. The number of thiazole rings is 1. The number of aromatic nitrogens is 1. The standard InChI is InChI=1S/C26H17BrN4O3S2/c1-13-19(23(32)29-15-6-3-2-4-7-15)21(18-8-5-11-35-18)31-25(34)22(36-26(31)28-13)20-16-12-14(27)9-10-17(16)30-24(20)33/h2-12,21H,1H3,(H,29,32)(H,30,33)/b22-20-/t21-/m1/s1. The van der Waals surface area contributed by atoms with Crippen molar-refractivity contribution < 1.29 is 9.59 Å². The highest BCUT2D eigenvalue weighted by Gasteiger charge is 2.35. The van der Waals surface area contributed by atoms with Gasteiger partial charge >= 0.3 is 0 Å². The van der Waals surface area contributed by atoms with Gasteiger partial charge in [0.25, 0.3) is 17.4 Å². The molecule has 36 heavy (non-hydrogen) atoms. The number of halogens is 1. The van der Waals surface area contributed by atoms with Crippen LogP contribution in [0.3, 0.4) is 0 Å². The fourth-order valence-electron chi connectivity index (χ4n) is 4.46. The molecule has 0 fully saturated rings. The van der Waals surface area contributed by atoms with E-state index in [1.165, 1.54) is 15.9 Å². The van der Waals surface area contributed by atoms with Gasteiger partial charge in [-0.1, -0.05) is 51.5 Å².